The van der Waals surface area contributed by atoms with Crippen molar-refractivity contribution in [1.82, 2.24) is 9.55 Å². The van der Waals surface area contributed by atoms with Crippen LogP contribution in [0.3, 0.4) is 0 Å². The Morgan fingerprint density at radius 1 is 1.47 bits per heavy atom. The summed E-state index contributed by atoms with van der Waals surface area (Å²) in [4.78, 5) is 15.7. The first-order chi connectivity index (χ1) is 8.15. The molecule has 1 fully saturated rings. The van der Waals surface area contributed by atoms with Gasteiger partial charge >= 0.3 is 0 Å². The Kier molecular flexibility index (Phi) is 2.18. The van der Waals surface area contributed by atoms with Gasteiger partial charge in [0.2, 0.25) is 5.91 Å². The van der Waals surface area contributed by atoms with Crippen molar-refractivity contribution in [2.75, 3.05) is 5.32 Å². The highest BCUT2D eigenvalue weighted by atomic mass is 16.1. The van der Waals surface area contributed by atoms with Gasteiger partial charge in [0.25, 0.3) is 0 Å². The highest BCUT2D eigenvalue weighted by Gasteiger charge is 2.28. The van der Waals surface area contributed by atoms with E-state index in [2.05, 4.69) is 21.9 Å². The molecule has 3 rings (SSSR count). The van der Waals surface area contributed by atoms with Gasteiger partial charge in [-0.3, -0.25) is 4.79 Å². The number of anilines is 1. The highest BCUT2D eigenvalue weighted by Crippen LogP contribution is 2.40. The first kappa shape index (κ1) is 10.3. The molecule has 1 aromatic carbocycles. The number of carbonyl (C=O) groups is 1. The van der Waals surface area contributed by atoms with Crippen molar-refractivity contribution in [2.24, 2.45) is 7.05 Å². The molecule has 0 atom stereocenters. The van der Waals surface area contributed by atoms with E-state index in [1.807, 2.05) is 18.2 Å². The first-order valence-corrected chi connectivity index (χ1v) is 5.89. The first-order valence-electron chi connectivity index (χ1n) is 5.89. The molecule has 0 spiro atoms. The standard InChI is InChI=1S/C13H15N3O/c1-8(17)14-10-5-6-12-11(7-10)15-13(16(12)2)9-3-4-9/h5-7,9H,3-4H2,1-2H3,(H,14,17). The molecule has 0 unspecified atom stereocenters. The van der Waals surface area contributed by atoms with Gasteiger partial charge in [-0.2, -0.15) is 0 Å². The van der Waals surface area contributed by atoms with Crippen LogP contribution in [0.2, 0.25) is 0 Å². The molecule has 1 amide bonds. The summed E-state index contributed by atoms with van der Waals surface area (Å²) in [5.41, 5.74) is 2.90. The summed E-state index contributed by atoms with van der Waals surface area (Å²) in [5, 5.41) is 2.78. The van der Waals surface area contributed by atoms with Crippen molar-refractivity contribution >= 4 is 22.6 Å². The Balaban J connectivity index is 2.07. The predicted octanol–water partition coefficient (Wildman–Crippen LogP) is 2.41. The van der Waals surface area contributed by atoms with Gasteiger partial charge in [-0.1, -0.05) is 0 Å². The van der Waals surface area contributed by atoms with Gasteiger partial charge < -0.3 is 9.88 Å². The number of rotatable bonds is 2. The van der Waals surface area contributed by atoms with Crippen LogP contribution in [0.15, 0.2) is 18.2 Å². The van der Waals surface area contributed by atoms with Crippen molar-refractivity contribution < 1.29 is 4.79 Å². The minimum absolute atomic E-state index is 0.0531. The monoisotopic (exact) mass is 229 g/mol. The Hall–Kier alpha value is -1.84. The van der Waals surface area contributed by atoms with E-state index in [1.165, 1.54) is 25.6 Å². The summed E-state index contributed by atoms with van der Waals surface area (Å²) in [6.45, 7) is 1.51. The van der Waals surface area contributed by atoms with Crippen molar-refractivity contribution in [1.29, 1.82) is 0 Å². The summed E-state index contributed by atoms with van der Waals surface area (Å²) >= 11 is 0. The predicted molar refractivity (Wildman–Crippen MR) is 67.0 cm³/mol. The van der Waals surface area contributed by atoms with Crippen molar-refractivity contribution in [3.63, 3.8) is 0 Å². The van der Waals surface area contributed by atoms with Crippen LogP contribution in [-0.4, -0.2) is 15.5 Å². The quantitative estimate of drug-likeness (QED) is 0.859. The molecule has 17 heavy (non-hydrogen) atoms. The van der Waals surface area contributed by atoms with Crippen molar-refractivity contribution in [2.45, 2.75) is 25.7 Å². The maximum absolute atomic E-state index is 11.0. The van der Waals surface area contributed by atoms with Crippen LogP contribution >= 0.6 is 0 Å². The molecule has 1 aliphatic carbocycles. The fraction of sp³-hybridized carbons (Fsp3) is 0.385. The van der Waals surface area contributed by atoms with Gasteiger partial charge in [0.05, 0.1) is 11.0 Å². The fourth-order valence-electron chi connectivity index (χ4n) is 2.21. The summed E-state index contributed by atoms with van der Waals surface area (Å²) in [5.74, 6) is 1.75. The van der Waals surface area contributed by atoms with E-state index < -0.39 is 0 Å². The van der Waals surface area contributed by atoms with E-state index in [-0.39, 0.29) is 5.91 Å². The van der Waals surface area contributed by atoms with Gasteiger partial charge in [0, 0.05) is 25.6 Å². The lowest BCUT2D eigenvalue weighted by atomic mass is 10.2. The number of imidazole rings is 1. The van der Waals surface area contributed by atoms with E-state index in [4.69, 9.17) is 0 Å². The zero-order valence-electron chi connectivity index (χ0n) is 10.0. The molecule has 1 N–H and O–H groups in total. The fourth-order valence-corrected chi connectivity index (χ4v) is 2.21. The summed E-state index contributed by atoms with van der Waals surface area (Å²) in [6.07, 6.45) is 2.49. The van der Waals surface area contributed by atoms with Crippen molar-refractivity contribution in [3.8, 4) is 0 Å². The number of nitrogens with one attached hydrogen (secondary N) is 1. The van der Waals surface area contributed by atoms with Crippen LogP contribution in [0.25, 0.3) is 11.0 Å². The Morgan fingerprint density at radius 3 is 2.88 bits per heavy atom. The second-order valence-corrected chi connectivity index (χ2v) is 4.69. The Labute approximate surface area is 99.6 Å². The largest absolute Gasteiger partial charge is 0.331 e. The maximum Gasteiger partial charge on any atom is 0.221 e. The van der Waals surface area contributed by atoms with E-state index in [0.717, 1.165) is 16.7 Å². The number of hydrogen-bond donors (Lipinski definition) is 1. The number of benzene rings is 1. The summed E-state index contributed by atoms with van der Waals surface area (Å²) < 4.78 is 2.16. The zero-order valence-corrected chi connectivity index (χ0v) is 10.0. The summed E-state index contributed by atoms with van der Waals surface area (Å²) in [7, 11) is 2.06. The molecule has 2 aromatic rings. The van der Waals surface area contributed by atoms with E-state index in [0.29, 0.717) is 5.92 Å². The van der Waals surface area contributed by atoms with E-state index in [1.54, 1.807) is 0 Å². The van der Waals surface area contributed by atoms with Crippen LogP contribution in [0.4, 0.5) is 5.69 Å². The molecule has 0 bridgehead atoms. The van der Waals surface area contributed by atoms with Crippen LogP contribution in [0, 0.1) is 0 Å². The average Bonchev–Trinajstić information content (AvgIpc) is 3.04. The number of aromatic nitrogens is 2. The molecule has 4 heteroatoms. The lowest BCUT2D eigenvalue weighted by molar-refractivity contribution is -0.114. The van der Waals surface area contributed by atoms with Crippen LogP contribution in [0.1, 0.15) is 31.5 Å². The number of fused-ring (bicyclic) bond motifs is 1. The molecular formula is C13H15N3O. The van der Waals surface area contributed by atoms with Crippen LogP contribution in [-0.2, 0) is 11.8 Å². The normalized spacial score (nSPS) is 15.2. The van der Waals surface area contributed by atoms with Gasteiger partial charge in [-0.25, -0.2) is 4.98 Å². The smallest absolute Gasteiger partial charge is 0.221 e. The second kappa shape index (κ2) is 3.58. The molecule has 1 aromatic heterocycles. The van der Waals surface area contributed by atoms with E-state index in [9.17, 15) is 4.79 Å². The van der Waals surface area contributed by atoms with Gasteiger partial charge in [0.15, 0.2) is 0 Å². The Morgan fingerprint density at radius 2 is 2.24 bits per heavy atom. The SMILES string of the molecule is CC(=O)Nc1ccc2c(c1)nc(C1CC1)n2C. The third kappa shape index (κ3) is 1.79. The van der Waals surface area contributed by atoms with Gasteiger partial charge in [-0.05, 0) is 31.0 Å². The molecule has 0 saturated heterocycles. The lowest BCUT2D eigenvalue weighted by Gasteiger charge is -2.02. The minimum atomic E-state index is -0.0531. The van der Waals surface area contributed by atoms with Crippen LogP contribution < -0.4 is 5.32 Å². The number of aryl methyl sites for hydroxylation is 1. The zero-order chi connectivity index (χ0) is 12.0. The third-order valence-electron chi connectivity index (χ3n) is 3.18. The average molecular weight is 229 g/mol. The maximum atomic E-state index is 11.0. The minimum Gasteiger partial charge on any atom is -0.331 e. The molecule has 1 heterocycles. The molecule has 1 saturated carbocycles. The van der Waals surface area contributed by atoms with E-state index >= 15 is 0 Å². The molecule has 1 aliphatic rings. The molecule has 88 valence electrons. The Bertz CT molecular complexity index is 596. The third-order valence-corrected chi connectivity index (χ3v) is 3.18. The number of amides is 1. The lowest BCUT2D eigenvalue weighted by Crippen LogP contribution is -2.05. The van der Waals surface area contributed by atoms with Gasteiger partial charge in [-0.15, -0.1) is 0 Å². The summed E-state index contributed by atoms with van der Waals surface area (Å²) in [6, 6.07) is 5.87. The molecule has 4 nitrogen and oxygen atoms in total. The van der Waals surface area contributed by atoms with Gasteiger partial charge in [0.1, 0.15) is 5.82 Å². The number of carbonyl (C=O) groups excluding carboxylic acids is 1. The molecule has 0 aliphatic heterocycles. The number of nitrogens with zero attached hydrogens (tertiary/aromatic N) is 2. The number of hydrogen-bond acceptors (Lipinski definition) is 2. The topological polar surface area (TPSA) is 46.9 Å². The highest BCUT2D eigenvalue weighted by molar-refractivity contribution is 5.91. The van der Waals surface area contributed by atoms with Crippen molar-refractivity contribution in [3.05, 3.63) is 24.0 Å². The molecular weight excluding hydrogens is 214 g/mol. The second-order valence-electron chi connectivity index (χ2n) is 4.69. The molecule has 0 radical (unpaired) electrons. The van der Waals surface area contributed by atoms with Crippen LogP contribution in [0.5, 0.6) is 0 Å².